The molecule has 1 aromatic heterocycles. The molecule has 12 heteroatoms. The summed E-state index contributed by atoms with van der Waals surface area (Å²) < 4.78 is 34.2. The summed E-state index contributed by atoms with van der Waals surface area (Å²) in [4.78, 5) is 17.5. The Morgan fingerprint density at radius 1 is 1.18 bits per heavy atom. The lowest BCUT2D eigenvalue weighted by molar-refractivity contribution is 0.00430. The lowest BCUT2D eigenvalue weighted by Crippen LogP contribution is -2.56. The van der Waals surface area contributed by atoms with Gasteiger partial charge >= 0.3 is 6.01 Å². The number of piperazine rings is 1. The highest BCUT2D eigenvalue weighted by Crippen LogP contribution is 2.38. The minimum atomic E-state index is -2.75. The van der Waals surface area contributed by atoms with Gasteiger partial charge in [-0.05, 0) is 37.1 Å². The fourth-order valence-electron chi connectivity index (χ4n) is 6.71. The highest BCUT2D eigenvalue weighted by Gasteiger charge is 2.43. The van der Waals surface area contributed by atoms with Crippen LogP contribution in [0.3, 0.4) is 0 Å². The number of halogens is 3. The summed E-state index contributed by atoms with van der Waals surface area (Å²) in [6.45, 7) is 6.21. The molecule has 3 aliphatic rings. The van der Waals surface area contributed by atoms with E-state index in [0.717, 1.165) is 33.5 Å². The summed E-state index contributed by atoms with van der Waals surface area (Å²) in [6.07, 6.45) is 1.24. The number of fused-ring (bicyclic) bond motifs is 2. The third kappa shape index (κ3) is 6.04. The minimum Gasteiger partial charge on any atom is -0.462 e. The number of alkyl halides is 2. The van der Waals surface area contributed by atoms with E-state index < -0.39 is 18.2 Å². The molecule has 0 radical (unpaired) electrons. The molecule has 1 unspecified atom stereocenters. The van der Waals surface area contributed by atoms with Crippen LogP contribution in [0.25, 0.3) is 10.8 Å². The summed E-state index contributed by atoms with van der Waals surface area (Å²) in [5.41, 5.74) is 2.81. The second-order valence-corrected chi connectivity index (χ2v) is 12.2. The number of nitriles is 1. The lowest BCUT2D eigenvalue weighted by Gasteiger charge is -2.43. The van der Waals surface area contributed by atoms with Crippen LogP contribution < -0.4 is 14.5 Å². The van der Waals surface area contributed by atoms with Crippen molar-refractivity contribution in [1.29, 1.82) is 5.26 Å². The summed E-state index contributed by atoms with van der Waals surface area (Å²) in [5, 5.41) is 22.7. The number of likely N-dealkylation sites (tertiary alicyclic amines) is 1. The molecular weight excluding hydrogens is 588 g/mol. The first kappa shape index (κ1) is 30.5. The summed E-state index contributed by atoms with van der Waals surface area (Å²) in [5.74, 6) is -2.03. The molecule has 232 valence electrons. The number of anilines is 2. The molecule has 3 aliphatic heterocycles. The highest BCUT2D eigenvalue weighted by atomic mass is 35.5. The Labute approximate surface area is 260 Å². The Bertz CT molecular complexity index is 1580. The SMILES string of the molecule is C=CC(O)N1CCN(c2nc(OC[C@@H]3CC(F)(F)CN3C)nc3c2CCN(c2cccc4cccc(Cl)c24)C3)C[C@@H]1CC#N. The topological polar surface area (TPSA) is 92.0 Å². The van der Waals surface area contributed by atoms with Gasteiger partial charge in [-0.2, -0.15) is 15.2 Å². The van der Waals surface area contributed by atoms with Crippen LogP contribution in [0.4, 0.5) is 20.3 Å². The Balaban J connectivity index is 1.33. The van der Waals surface area contributed by atoms with Crippen molar-refractivity contribution in [2.75, 3.05) is 56.2 Å². The van der Waals surface area contributed by atoms with E-state index in [4.69, 9.17) is 26.3 Å². The first-order valence-electron chi connectivity index (χ1n) is 14.9. The van der Waals surface area contributed by atoms with Crippen molar-refractivity contribution in [2.24, 2.45) is 0 Å². The summed E-state index contributed by atoms with van der Waals surface area (Å²) >= 11 is 6.67. The van der Waals surface area contributed by atoms with Gasteiger partial charge in [-0.3, -0.25) is 9.80 Å². The predicted molar refractivity (Wildman–Crippen MR) is 166 cm³/mol. The number of benzene rings is 2. The third-order valence-corrected chi connectivity index (χ3v) is 9.26. The van der Waals surface area contributed by atoms with Crippen molar-refractivity contribution >= 4 is 33.9 Å². The van der Waals surface area contributed by atoms with Crippen LogP contribution in [0.5, 0.6) is 6.01 Å². The van der Waals surface area contributed by atoms with E-state index in [-0.39, 0.29) is 38.0 Å². The quantitative estimate of drug-likeness (QED) is 0.365. The average Bonchev–Trinajstić information content (AvgIpc) is 3.29. The number of hydrogen-bond acceptors (Lipinski definition) is 9. The number of ether oxygens (including phenoxy) is 1. The van der Waals surface area contributed by atoms with Crippen LogP contribution in [0.15, 0.2) is 49.1 Å². The fraction of sp³-hybridized carbons (Fsp3) is 0.469. The van der Waals surface area contributed by atoms with Crippen molar-refractivity contribution < 1.29 is 18.6 Å². The van der Waals surface area contributed by atoms with Gasteiger partial charge in [0, 0.05) is 61.3 Å². The van der Waals surface area contributed by atoms with Gasteiger partial charge < -0.3 is 19.6 Å². The largest absolute Gasteiger partial charge is 0.462 e. The Hall–Kier alpha value is -3.56. The molecule has 1 N–H and O–H groups in total. The first-order valence-corrected chi connectivity index (χ1v) is 15.3. The van der Waals surface area contributed by atoms with E-state index in [9.17, 15) is 19.1 Å². The number of likely N-dealkylation sites (N-methyl/N-ethyl adjacent to an activating group) is 1. The zero-order valence-corrected chi connectivity index (χ0v) is 25.4. The van der Waals surface area contributed by atoms with Crippen LogP contribution in [0, 0.1) is 11.3 Å². The standard InChI is InChI=1S/C32H36ClF2N7O2/c1-3-28(43)42-15-14-41(17-22(42)10-12-36)30-24-11-13-40(27-9-5-7-21-6-4-8-25(33)29(21)27)18-26(24)37-31(38-30)44-19-23-16-32(34,35)20-39(23)2/h3-9,22-23,28,43H,1,10-11,13-20H2,2H3/t22-,23-,28?/m0/s1. The molecule has 2 aromatic carbocycles. The van der Waals surface area contributed by atoms with Crippen LogP contribution >= 0.6 is 11.6 Å². The predicted octanol–water partition coefficient (Wildman–Crippen LogP) is 4.47. The van der Waals surface area contributed by atoms with E-state index in [2.05, 4.69) is 28.5 Å². The zero-order chi connectivity index (χ0) is 31.0. The van der Waals surface area contributed by atoms with Crippen LogP contribution in [0.1, 0.15) is 24.1 Å². The van der Waals surface area contributed by atoms with E-state index in [0.29, 0.717) is 44.2 Å². The monoisotopic (exact) mass is 623 g/mol. The maximum atomic E-state index is 14.1. The molecule has 0 aliphatic carbocycles. The molecule has 6 rings (SSSR count). The zero-order valence-electron chi connectivity index (χ0n) is 24.7. The van der Waals surface area contributed by atoms with E-state index in [1.165, 1.54) is 6.08 Å². The molecular formula is C32H36ClF2N7O2. The molecule has 0 saturated carbocycles. The van der Waals surface area contributed by atoms with E-state index in [1.54, 1.807) is 11.9 Å². The Morgan fingerprint density at radius 2 is 1.98 bits per heavy atom. The molecule has 3 atom stereocenters. The molecule has 0 spiro atoms. The molecule has 44 heavy (non-hydrogen) atoms. The van der Waals surface area contributed by atoms with Crippen molar-refractivity contribution in [2.45, 2.75) is 50.0 Å². The lowest BCUT2D eigenvalue weighted by atomic mass is 10.0. The summed E-state index contributed by atoms with van der Waals surface area (Å²) in [6, 6.07) is 13.7. The summed E-state index contributed by atoms with van der Waals surface area (Å²) in [7, 11) is 1.67. The molecule has 0 bridgehead atoms. The van der Waals surface area contributed by atoms with Crippen LogP contribution in [0.2, 0.25) is 5.02 Å². The van der Waals surface area contributed by atoms with Gasteiger partial charge in [-0.1, -0.05) is 42.4 Å². The molecule has 4 heterocycles. The van der Waals surface area contributed by atoms with Gasteiger partial charge in [0.05, 0.1) is 36.3 Å². The number of aromatic nitrogens is 2. The van der Waals surface area contributed by atoms with E-state index >= 15 is 0 Å². The van der Waals surface area contributed by atoms with Gasteiger partial charge in [0.15, 0.2) is 0 Å². The highest BCUT2D eigenvalue weighted by molar-refractivity contribution is 6.36. The van der Waals surface area contributed by atoms with Crippen molar-refractivity contribution in [3.63, 3.8) is 0 Å². The maximum Gasteiger partial charge on any atom is 0.318 e. The van der Waals surface area contributed by atoms with Gasteiger partial charge in [-0.15, -0.1) is 0 Å². The molecule has 2 fully saturated rings. The van der Waals surface area contributed by atoms with Crippen molar-refractivity contribution in [3.8, 4) is 12.1 Å². The average molecular weight is 624 g/mol. The molecule has 9 nitrogen and oxygen atoms in total. The maximum absolute atomic E-state index is 14.1. The molecule has 0 amide bonds. The van der Waals surface area contributed by atoms with Crippen molar-refractivity contribution in [1.82, 2.24) is 19.8 Å². The third-order valence-electron chi connectivity index (χ3n) is 8.94. The smallest absolute Gasteiger partial charge is 0.318 e. The second kappa shape index (κ2) is 12.4. The van der Waals surface area contributed by atoms with Crippen LogP contribution in [-0.4, -0.2) is 95.5 Å². The van der Waals surface area contributed by atoms with Crippen molar-refractivity contribution in [3.05, 3.63) is 65.3 Å². The fourth-order valence-corrected chi connectivity index (χ4v) is 6.99. The number of rotatable bonds is 8. The Kier molecular flexibility index (Phi) is 8.61. The van der Waals surface area contributed by atoms with E-state index in [1.807, 2.05) is 35.2 Å². The van der Waals surface area contributed by atoms with Crippen LogP contribution in [-0.2, 0) is 13.0 Å². The van der Waals surface area contributed by atoms with Gasteiger partial charge in [0.25, 0.3) is 5.92 Å². The Morgan fingerprint density at radius 3 is 2.70 bits per heavy atom. The molecule has 2 saturated heterocycles. The number of nitrogens with zero attached hydrogens (tertiary/aromatic N) is 7. The number of aliphatic hydroxyl groups excluding tert-OH is 1. The van der Waals surface area contributed by atoms with Gasteiger partial charge in [-0.25, -0.2) is 8.78 Å². The molecule has 3 aromatic rings. The normalized spacial score (nSPS) is 22.9. The van der Waals surface area contributed by atoms with Gasteiger partial charge in [0.2, 0.25) is 0 Å². The number of hydrogen-bond donors (Lipinski definition) is 1. The second-order valence-electron chi connectivity index (χ2n) is 11.8. The van der Waals surface area contributed by atoms with Gasteiger partial charge in [0.1, 0.15) is 18.7 Å². The number of aliphatic hydroxyl groups is 1. The minimum absolute atomic E-state index is 0.0450. The first-order chi connectivity index (χ1) is 21.2.